The van der Waals surface area contributed by atoms with Gasteiger partial charge in [-0.1, -0.05) is 30.3 Å². The minimum Gasteiger partial charge on any atom is -0.486 e. The van der Waals surface area contributed by atoms with Crippen LogP contribution in [0.3, 0.4) is 0 Å². The minimum absolute atomic E-state index is 0.116. The van der Waals surface area contributed by atoms with E-state index in [4.69, 9.17) is 9.47 Å². The summed E-state index contributed by atoms with van der Waals surface area (Å²) in [4.78, 5) is 25.3. The Morgan fingerprint density at radius 2 is 1.56 bits per heavy atom. The molecule has 2 N–H and O–H groups in total. The van der Waals surface area contributed by atoms with E-state index in [-0.39, 0.29) is 17.6 Å². The first kappa shape index (κ1) is 21.5. The van der Waals surface area contributed by atoms with Gasteiger partial charge in [0, 0.05) is 28.4 Å². The highest BCUT2D eigenvalue weighted by Crippen LogP contribution is 2.32. The van der Waals surface area contributed by atoms with Crippen LogP contribution in [0, 0.1) is 0 Å². The third kappa shape index (κ3) is 6.15. The molecule has 32 heavy (non-hydrogen) atoms. The summed E-state index contributed by atoms with van der Waals surface area (Å²) in [7, 11) is 0. The highest BCUT2D eigenvalue weighted by atomic mass is 32.2. The summed E-state index contributed by atoms with van der Waals surface area (Å²) in [5.41, 5.74) is 2.32. The van der Waals surface area contributed by atoms with Crippen LogP contribution in [-0.2, 0) is 9.59 Å². The maximum atomic E-state index is 12.3. The van der Waals surface area contributed by atoms with E-state index < -0.39 is 0 Å². The SMILES string of the molecule is O=C(/C=C/c1ccccc1)Nc1ccc(SCC(=O)Nc2ccc3c(c2)OCCO3)cc1. The molecule has 0 atom stereocenters. The van der Waals surface area contributed by atoms with E-state index >= 15 is 0 Å². The van der Waals surface area contributed by atoms with E-state index in [2.05, 4.69) is 10.6 Å². The largest absolute Gasteiger partial charge is 0.486 e. The van der Waals surface area contributed by atoms with E-state index in [0.29, 0.717) is 36.1 Å². The van der Waals surface area contributed by atoms with Gasteiger partial charge in [0.25, 0.3) is 0 Å². The molecule has 162 valence electrons. The number of rotatable bonds is 7. The molecule has 0 spiro atoms. The lowest BCUT2D eigenvalue weighted by molar-refractivity contribution is -0.114. The Bertz CT molecular complexity index is 1110. The quantitative estimate of drug-likeness (QED) is 0.401. The zero-order valence-electron chi connectivity index (χ0n) is 17.2. The first-order valence-corrected chi connectivity index (χ1v) is 11.1. The predicted octanol–water partition coefficient (Wildman–Crippen LogP) is 4.84. The minimum atomic E-state index is -0.201. The number of benzene rings is 3. The van der Waals surface area contributed by atoms with Crippen molar-refractivity contribution in [3.63, 3.8) is 0 Å². The molecule has 0 unspecified atom stereocenters. The van der Waals surface area contributed by atoms with Gasteiger partial charge >= 0.3 is 0 Å². The Morgan fingerprint density at radius 3 is 2.34 bits per heavy atom. The van der Waals surface area contributed by atoms with Crippen molar-refractivity contribution in [2.24, 2.45) is 0 Å². The molecule has 0 saturated heterocycles. The van der Waals surface area contributed by atoms with E-state index in [0.717, 1.165) is 10.5 Å². The topological polar surface area (TPSA) is 76.7 Å². The zero-order chi connectivity index (χ0) is 22.2. The molecular weight excluding hydrogens is 424 g/mol. The molecule has 1 aliphatic rings. The summed E-state index contributed by atoms with van der Waals surface area (Å²) < 4.78 is 11.0. The number of ether oxygens (including phenoxy) is 2. The van der Waals surface area contributed by atoms with Gasteiger partial charge in [0.05, 0.1) is 5.75 Å². The van der Waals surface area contributed by atoms with E-state index in [1.54, 1.807) is 24.3 Å². The van der Waals surface area contributed by atoms with Gasteiger partial charge in [0.15, 0.2) is 11.5 Å². The highest BCUT2D eigenvalue weighted by molar-refractivity contribution is 8.00. The van der Waals surface area contributed by atoms with Crippen LogP contribution >= 0.6 is 11.8 Å². The number of thioether (sulfide) groups is 1. The lowest BCUT2D eigenvalue weighted by Crippen LogP contribution is -2.17. The number of carbonyl (C=O) groups excluding carboxylic acids is 2. The van der Waals surface area contributed by atoms with Gasteiger partial charge in [-0.15, -0.1) is 11.8 Å². The third-order valence-corrected chi connectivity index (χ3v) is 5.56. The first-order valence-electron chi connectivity index (χ1n) is 10.1. The molecular formula is C25H22N2O4S. The van der Waals surface area contributed by atoms with Crippen LogP contribution in [0.2, 0.25) is 0 Å². The van der Waals surface area contributed by atoms with Crippen molar-refractivity contribution in [2.45, 2.75) is 4.90 Å². The van der Waals surface area contributed by atoms with Crippen LogP contribution in [-0.4, -0.2) is 30.8 Å². The van der Waals surface area contributed by atoms with Gasteiger partial charge in [-0.3, -0.25) is 9.59 Å². The summed E-state index contributed by atoms with van der Waals surface area (Å²) in [6, 6.07) is 22.4. The summed E-state index contributed by atoms with van der Waals surface area (Å²) in [6.07, 6.45) is 3.26. The molecule has 3 aromatic rings. The third-order valence-electron chi connectivity index (χ3n) is 4.54. The van der Waals surface area contributed by atoms with Crippen molar-refractivity contribution in [2.75, 3.05) is 29.6 Å². The van der Waals surface area contributed by atoms with Crippen LogP contribution in [0.5, 0.6) is 11.5 Å². The first-order chi connectivity index (χ1) is 15.7. The van der Waals surface area contributed by atoms with Crippen molar-refractivity contribution in [1.82, 2.24) is 0 Å². The second-order valence-electron chi connectivity index (χ2n) is 6.95. The van der Waals surface area contributed by atoms with Gasteiger partial charge in [-0.25, -0.2) is 0 Å². The summed E-state index contributed by atoms with van der Waals surface area (Å²) >= 11 is 1.42. The molecule has 3 aromatic carbocycles. The molecule has 4 rings (SSSR count). The number of hydrogen-bond donors (Lipinski definition) is 2. The molecule has 2 amide bonds. The average molecular weight is 447 g/mol. The lowest BCUT2D eigenvalue weighted by atomic mass is 10.2. The Kier molecular flexibility index (Phi) is 7.09. The van der Waals surface area contributed by atoms with Gasteiger partial charge < -0.3 is 20.1 Å². The second-order valence-corrected chi connectivity index (χ2v) is 8.00. The molecule has 1 heterocycles. The molecule has 0 fully saturated rings. The van der Waals surface area contributed by atoms with Gasteiger partial charge in [-0.2, -0.15) is 0 Å². The number of nitrogens with one attached hydrogen (secondary N) is 2. The Hall–Kier alpha value is -3.71. The summed E-state index contributed by atoms with van der Waals surface area (Å²) in [5, 5.41) is 5.69. The molecule has 0 aliphatic carbocycles. The Labute approximate surface area is 190 Å². The van der Waals surface area contributed by atoms with Crippen LogP contribution in [0.25, 0.3) is 6.08 Å². The molecule has 0 aromatic heterocycles. The van der Waals surface area contributed by atoms with Crippen molar-refractivity contribution < 1.29 is 19.1 Å². The van der Waals surface area contributed by atoms with Crippen molar-refractivity contribution in [3.8, 4) is 11.5 Å². The van der Waals surface area contributed by atoms with E-state index in [1.807, 2.05) is 54.6 Å². The van der Waals surface area contributed by atoms with Crippen molar-refractivity contribution in [3.05, 3.63) is 84.4 Å². The zero-order valence-corrected chi connectivity index (χ0v) is 18.1. The molecule has 1 aliphatic heterocycles. The number of fused-ring (bicyclic) bond motifs is 1. The maximum absolute atomic E-state index is 12.3. The number of anilines is 2. The molecule has 0 radical (unpaired) electrons. The van der Waals surface area contributed by atoms with Gasteiger partial charge in [0.1, 0.15) is 13.2 Å². The Balaban J connectivity index is 1.24. The molecule has 0 bridgehead atoms. The predicted molar refractivity (Wildman–Crippen MR) is 127 cm³/mol. The van der Waals surface area contributed by atoms with Crippen LogP contribution in [0.1, 0.15) is 5.56 Å². The smallest absolute Gasteiger partial charge is 0.248 e. The van der Waals surface area contributed by atoms with Gasteiger partial charge in [-0.05, 0) is 48.0 Å². The molecule has 0 saturated carbocycles. The average Bonchev–Trinajstić information content (AvgIpc) is 2.83. The molecule has 6 nitrogen and oxygen atoms in total. The Morgan fingerprint density at radius 1 is 0.844 bits per heavy atom. The lowest BCUT2D eigenvalue weighted by Gasteiger charge is -2.19. The standard InChI is InChI=1S/C25H22N2O4S/c28-24(13-6-18-4-2-1-3-5-18)26-19-7-10-21(11-8-19)32-17-25(29)27-20-9-12-22-23(16-20)31-15-14-30-22/h1-13,16H,14-15,17H2,(H,26,28)(H,27,29)/b13-6+. The van der Waals surface area contributed by atoms with Crippen LogP contribution in [0.4, 0.5) is 11.4 Å². The van der Waals surface area contributed by atoms with Gasteiger partial charge in [0.2, 0.25) is 11.8 Å². The number of hydrogen-bond acceptors (Lipinski definition) is 5. The fourth-order valence-corrected chi connectivity index (χ4v) is 3.72. The van der Waals surface area contributed by atoms with Crippen LogP contribution in [0.15, 0.2) is 83.8 Å². The normalized spacial score (nSPS) is 12.4. The fourth-order valence-electron chi connectivity index (χ4n) is 3.02. The highest BCUT2D eigenvalue weighted by Gasteiger charge is 2.13. The number of carbonyl (C=O) groups is 2. The van der Waals surface area contributed by atoms with Crippen molar-refractivity contribution in [1.29, 1.82) is 0 Å². The van der Waals surface area contributed by atoms with Crippen molar-refractivity contribution >= 4 is 41.0 Å². The van der Waals surface area contributed by atoms with E-state index in [9.17, 15) is 9.59 Å². The maximum Gasteiger partial charge on any atom is 0.248 e. The molecule has 7 heteroatoms. The van der Waals surface area contributed by atoms with E-state index in [1.165, 1.54) is 17.8 Å². The fraction of sp³-hybridized carbons (Fsp3) is 0.120. The van der Waals surface area contributed by atoms with Crippen LogP contribution < -0.4 is 20.1 Å². The summed E-state index contributed by atoms with van der Waals surface area (Å²) in [5.74, 6) is 1.27. The summed E-state index contributed by atoms with van der Waals surface area (Å²) in [6.45, 7) is 1.03. The monoisotopic (exact) mass is 446 g/mol. The second kappa shape index (κ2) is 10.5. The number of amides is 2.